The number of hydrogen-bond donors (Lipinski definition) is 0. The third-order valence-electron chi connectivity index (χ3n) is 2.07. The zero-order valence-corrected chi connectivity index (χ0v) is 19.9. The van der Waals surface area contributed by atoms with Crippen molar-refractivity contribution in [3.63, 3.8) is 0 Å². The molecule has 0 saturated heterocycles. The summed E-state index contributed by atoms with van der Waals surface area (Å²) in [7, 11) is -10.1. The van der Waals surface area contributed by atoms with Gasteiger partial charge in [-0.1, -0.05) is 51.0 Å². The van der Waals surface area contributed by atoms with Crippen LogP contribution in [-0.4, -0.2) is 47.3 Å². The second-order valence-corrected chi connectivity index (χ2v) is 5.36. The monoisotopic (exact) mass is 483 g/mol. The predicted octanol–water partition coefficient (Wildman–Crippen LogP) is -3.24. The first-order valence-electron chi connectivity index (χ1n) is 6.59. The SMILES string of the molecule is CCOC(=O)C(C)Cc1ccccc1.O=[P+]([O-])[O-].O=[P+]([O-])[O-].O=[P+]([O-])[O-].[Al+3].[Al+3]. The first kappa shape index (κ1) is 38.4. The van der Waals surface area contributed by atoms with Gasteiger partial charge in [-0.3, -0.25) is 4.79 Å². The molecule has 0 radical (unpaired) electrons. The number of carbonyl (C=O) groups is 1. The fraction of sp³-hybridized carbons (Fsp3) is 0.417. The molecule has 0 aliphatic heterocycles. The summed E-state index contributed by atoms with van der Waals surface area (Å²) in [5.41, 5.74) is 1.17. The van der Waals surface area contributed by atoms with Gasteiger partial charge >= 0.3 is 40.7 Å². The fourth-order valence-corrected chi connectivity index (χ4v) is 1.34. The first-order valence-corrected chi connectivity index (χ1v) is 9.87. The minimum Gasteiger partial charge on any atom is -0.598 e. The van der Waals surface area contributed by atoms with E-state index in [1.165, 1.54) is 5.56 Å². The molecule has 28 heavy (non-hydrogen) atoms. The molecule has 0 saturated carbocycles. The Hall–Kier alpha value is -0.185. The second kappa shape index (κ2) is 26.8. The molecule has 0 bridgehead atoms. The average Bonchev–Trinajstić information content (AvgIpc) is 2.46. The molecule has 1 aromatic rings. The summed E-state index contributed by atoms with van der Waals surface area (Å²) in [4.78, 5) is 62.2. The van der Waals surface area contributed by atoms with E-state index in [2.05, 4.69) is 0 Å². The Morgan fingerprint density at radius 1 is 0.893 bits per heavy atom. The van der Waals surface area contributed by atoms with E-state index in [4.69, 9.17) is 47.8 Å². The summed E-state index contributed by atoms with van der Waals surface area (Å²) in [6, 6.07) is 9.98. The minimum atomic E-state index is -3.37. The van der Waals surface area contributed by atoms with Gasteiger partial charge in [-0.15, -0.1) is 0 Å². The van der Waals surface area contributed by atoms with Crippen LogP contribution in [0.5, 0.6) is 0 Å². The van der Waals surface area contributed by atoms with Crippen molar-refractivity contribution in [2.75, 3.05) is 6.61 Å². The van der Waals surface area contributed by atoms with Gasteiger partial charge in [-0.2, -0.15) is 0 Å². The van der Waals surface area contributed by atoms with Gasteiger partial charge in [0.05, 0.1) is 12.5 Å². The average molecular weight is 483 g/mol. The van der Waals surface area contributed by atoms with E-state index in [0.29, 0.717) is 6.61 Å². The molecule has 0 N–H and O–H groups in total. The van der Waals surface area contributed by atoms with E-state index in [1.54, 1.807) is 0 Å². The van der Waals surface area contributed by atoms with Gasteiger partial charge in [-0.25, -0.2) is 0 Å². The smallest absolute Gasteiger partial charge is 0.598 e. The van der Waals surface area contributed by atoms with E-state index >= 15 is 0 Å². The summed E-state index contributed by atoms with van der Waals surface area (Å²) in [5, 5.41) is 0. The van der Waals surface area contributed by atoms with Crippen LogP contribution in [0, 0.1) is 5.92 Å². The summed E-state index contributed by atoms with van der Waals surface area (Å²) in [6.45, 7) is 4.18. The van der Waals surface area contributed by atoms with Crippen LogP contribution >= 0.6 is 24.8 Å². The van der Waals surface area contributed by atoms with Crippen molar-refractivity contribution in [1.82, 2.24) is 0 Å². The maximum absolute atomic E-state index is 11.3. The Morgan fingerprint density at radius 3 is 1.50 bits per heavy atom. The van der Waals surface area contributed by atoms with Crippen LogP contribution in [0.2, 0.25) is 0 Å². The maximum Gasteiger partial charge on any atom is 3.00 e. The fourth-order valence-electron chi connectivity index (χ4n) is 1.34. The van der Waals surface area contributed by atoms with Crippen LogP contribution < -0.4 is 29.4 Å². The van der Waals surface area contributed by atoms with Gasteiger partial charge in [-0.05, 0) is 18.9 Å². The molecule has 16 heteroatoms. The molecule has 0 spiro atoms. The van der Waals surface area contributed by atoms with Crippen molar-refractivity contribution < 1.29 is 52.6 Å². The van der Waals surface area contributed by atoms with Crippen LogP contribution in [0.15, 0.2) is 30.3 Å². The van der Waals surface area contributed by atoms with Crippen LogP contribution in [0.3, 0.4) is 0 Å². The molecule has 1 aromatic carbocycles. The molecule has 0 heterocycles. The quantitative estimate of drug-likeness (QED) is 0.235. The Kier molecular flexibility index (Phi) is 36.8. The van der Waals surface area contributed by atoms with E-state index in [9.17, 15) is 4.79 Å². The van der Waals surface area contributed by atoms with E-state index in [0.717, 1.165) is 6.42 Å². The van der Waals surface area contributed by atoms with Crippen LogP contribution in [0.4, 0.5) is 0 Å². The van der Waals surface area contributed by atoms with Gasteiger partial charge in [0.2, 0.25) is 0 Å². The van der Waals surface area contributed by atoms with Crippen molar-refractivity contribution in [3.05, 3.63) is 35.9 Å². The van der Waals surface area contributed by atoms with Gasteiger partial charge in [0, 0.05) is 0 Å². The first-order chi connectivity index (χ1) is 11.9. The standard InChI is InChI=1S/C12H16O2.2Al.3HO3P/c1-3-14-12(13)10(2)9-11-7-5-4-6-8-11;;;3*1-4(2)3/h4-8,10H,3,9H2,1-2H3;;;3*(H,1,2,3)/q;2*+3;;;/p-3. The number of benzene rings is 1. The third kappa shape index (κ3) is 44.9. The van der Waals surface area contributed by atoms with E-state index < -0.39 is 24.8 Å². The largest absolute Gasteiger partial charge is 3.00 e. The molecule has 1 unspecified atom stereocenters. The molecular weight excluding hydrogens is 467 g/mol. The number of ether oxygens (including phenoxy) is 1. The Morgan fingerprint density at radius 2 is 1.21 bits per heavy atom. The number of carbonyl (C=O) groups excluding carboxylic acids is 1. The van der Waals surface area contributed by atoms with Gasteiger partial charge < -0.3 is 34.1 Å². The Bertz CT molecular complexity index is 508. The molecule has 148 valence electrons. The molecule has 1 rings (SSSR count). The van der Waals surface area contributed by atoms with Gasteiger partial charge in [0.15, 0.2) is 0 Å². The zero-order chi connectivity index (χ0) is 21.1. The Balaban J connectivity index is -0.000000105. The number of hydrogen-bond acceptors (Lipinski definition) is 11. The summed E-state index contributed by atoms with van der Waals surface area (Å²) in [5.74, 6) is -0.172. The van der Waals surface area contributed by atoms with Crippen molar-refractivity contribution in [3.8, 4) is 0 Å². The van der Waals surface area contributed by atoms with Gasteiger partial charge in [0.25, 0.3) is 24.8 Å². The number of esters is 1. The molecule has 11 nitrogen and oxygen atoms in total. The van der Waals surface area contributed by atoms with Crippen LogP contribution in [-0.2, 0) is 29.6 Å². The van der Waals surface area contributed by atoms with Crippen molar-refractivity contribution in [2.24, 2.45) is 5.92 Å². The maximum atomic E-state index is 11.3. The summed E-state index contributed by atoms with van der Waals surface area (Å²) < 4.78 is 30.4. The molecule has 0 amide bonds. The van der Waals surface area contributed by atoms with Crippen molar-refractivity contribution in [1.29, 1.82) is 0 Å². The van der Waals surface area contributed by atoms with Crippen molar-refractivity contribution >= 4 is 65.5 Å². The summed E-state index contributed by atoms with van der Waals surface area (Å²) in [6.07, 6.45) is 0.750. The molecule has 0 fully saturated rings. The van der Waals surface area contributed by atoms with E-state index in [-0.39, 0.29) is 46.6 Å². The molecule has 1 atom stereocenters. The van der Waals surface area contributed by atoms with Crippen LogP contribution in [0.25, 0.3) is 0 Å². The second-order valence-electron chi connectivity index (χ2n) is 4.01. The summed E-state index contributed by atoms with van der Waals surface area (Å²) >= 11 is 0. The van der Waals surface area contributed by atoms with Gasteiger partial charge in [0.1, 0.15) is 0 Å². The molecule has 0 aromatic heterocycles. The van der Waals surface area contributed by atoms with Crippen molar-refractivity contribution in [2.45, 2.75) is 20.3 Å². The third-order valence-corrected chi connectivity index (χ3v) is 2.07. The normalized spacial score (nSPS) is 8.86. The minimum absolute atomic E-state index is 0. The topological polar surface area (TPSA) is 216 Å². The molecular formula is C12H16Al2O11P3+3. The molecule has 0 aliphatic rings. The van der Waals surface area contributed by atoms with Crippen LogP contribution in [0.1, 0.15) is 19.4 Å². The van der Waals surface area contributed by atoms with E-state index in [1.807, 2.05) is 44.2 Å². The molecule has 0 aliphatic carbocycles. The number of rotatable bonds is 4. The Labute approximate surface area is 186 Å². The zero-order valence-electron chi connectivity index (χ0n) is 14.9. The predicted molar refractivity (Wildman–Crippen MR) is 90.3 cm³/mol.